The van der Waals surface area contributed by atoms with E-state index >= 15 is 0 Å². The van der Waals surface area contributed by atoms with Crippen LogP contribution < -0.4 is 0 Å². The molecule has 0 unspecified atom stereocenters. The van der Waals surface area contributed by atoms with Gasteiger partial charge in [-0.25, -0.2) is 0 Å². The molecule has 0 aromatic heterocycles. The summed E-state index contributed by atoms with van der Waals surface area (Å²) in [6, 6.07) is 8.46. The predicted octanol–water partition coefficient (Wildman–Crippen LogP) is 3.04. The minimum absolute atomic E-state index is 0.120. The molecule has 1 fully saturated rings. The molecule has 2 rings (SSSR count). The Morgan fingerprint density at radius 3 is 2.57 bits per heavy atom. The van der Waals surface area contributed by atoms with E-state index in [1.807, 2.05) is 0 Å². The largest absolute Gasteiger partial charge is 0.302 e. The molecule has 1 heteroatoms. The average Bonchev–Trinajstić information content (AvgIpc) is 2.98. The number of aldehydes is 1. The van der Waals surface area contributed by atoms with E-state index in [1.165, 1.54) is 11.1 Å². The third-order valence-corrected chi connectivity index (χ3v) is 3.14. The number of benzene rings is 1. The molecular formula is C13H16O. The van der Waals surface area contributed by atoms with Crippen LogP contribution in [0.2, 0.25) is 0 Å². The van der Waals surface area contributed by atoms with Gasteiger partial charge in [0.25, 0.3) is 0 Å². The maximum absolute atomic E-state index is 11.0. The number of carbonyl (C=O) groups excluding carboxylic acids is 1. The maximum atomic E-state index is 11.0. The lowest BCUT2D eigenvalue weighted by molar-refractivity contribution is -0.109. The SMILES string of the molecule is CC(C)c1cccc(C2(C=O)CC2)c1. The lowest BCUT2D eigenvalue weighted by Gasteiger charge is -2.11. The number of rotatable bonds is 3. The monoisotopic (exact) mass is 188 g/mol. The second kappa shape index (κ2) is 3.23. The van der Waals surface area contributed by atoms with Crippen LogP contribution in [0.25, 0.3) is 0 Å². The van der Waals surface area contributed by atoms with Crippen molar-refractivity contribution in [1.82, 2.24) is 0 Å². The average molecular weight is 188 g/mol. The summed E-state index contributed by atoms with van der Waals surface area (Å²) in [4.78, 5) is 11.0. The summed E-state index contributed by atoms with van der Waals surface area (Å²) in [5.74, 6) is 0.539. The molecule has 0 spiro atoms. The highest BCUT2D eigenvalue weighted by Crippen LogP contribution is 2.46. The third-order valence-electron chi connectivity index (χ3n) is 3.14. The van der Waals surface area contributed by atoms with Crippen molar-refractivity contribution < 1.29 is 4.79 Å². The molecule has 14 heavy (non-hydrogen) atoms. The van der Waals surface area contributed by atoms with Crippen molar-refractivity contribution in [1.29, 1.82) is 0 Å². The smallest absolute Gasteiger partial charge is 0.130 e. The van der Waals surface area contributed by atoms with Gasteiger partial charge >= 0.3 is 0 Å². The minimum Gasteiger partial charge on any atom is -0.302 e. The molecule has 1 aromatic carbocycles. The van der Waals surface area contributed by atoms with Crippen LogP contribution in [0.1, 0.15) is 43.7 Å². The van der Waals surface area contributed by atoms with Crippen LogP contribution in [0, 0.1) is 0 Å². The van der Waals surface area contributed by atoms with E-state index < -0.39 is 0 Å². The molecule has 0 amide bonds. The molecule has 74 valence electrons. The Hall–Kier alpha value is -1.11. The molecule has 1 aromatic rings. The molecule has 1 aliphatic carbocycles. The first-order valence-electron chi connectivity index (χ1n) is 5.25. The maximum Gasteiger partial charge on any atom is 0.130 e. The molecule has 0 saturated heterocycles. The van der Waals surface area contributed by atoms with Gasteiger partial charge in [0.05, 0.1) is 5.41 Å². The van der Waals surface area contributed by atoms with Crippen molar-refractivity contribution >= 4 is 6.29 Å². The minimum atomic E-state index is -0.120. The zero-order valence-corrected chi connectivity index (χ0v) is 8.79. The summed E-state index contributed by atoms with van der Waals surface area (Å²) in [5.41, 5.74) is 2.42. The first kappa shape index (κ1) is 9.45. The third kappa shape index (κ3) is 1.47. The van der Waals surface area contributed by atoms with Crippen molar-refractivity contribution in [2.75, 3.05) is 0 Å². The van der Waals surface area contributed by atoms with E-state index in [-0.39, 0.29) is 5.41 Å². The second-order valence-corrected chi connectivity index (χ2v) is 4.55. The zero-order chi connectivity index (χ0) is 10.2. The van der Waals surface area contributed by atoms with Gasteiger partial charge in [-0.05, 0) is 29.9 Å². The summed E-state index contributed by atoms with van der Waals surface area (Å²) >= 11 is 0. The summed E-state index contributed by atoms with van der Waals surface area (Å²) in [5, 5.41) is 0. The van der Waals surface area contributed by atoms with Crippen LogP contribution in [-0.4, -0.2) is 6.29 Å². The van der Waals surface area contributed by atoms with Crippen molar-refractivity contribution in [2.45, 2.75) is 38.0 Å². The number of hydrogen-bond acceptors (Lipinski definition) is 1. The molecule has 0 N–H and O–H groups in total. The van der Waals surface area contributed by atoms with Gasteiger partial charge < -0.3 is 4.79 Å². The van der Waals surface area contributed by atoms with Gasteiger partial charge in [0.2, 0.25) is 0 Å². The van der Waals surface area contributed by atoms with Crippen molar-refractivity contribution in [3.8, 4) is 0 Å². The van der Waals surface area contributed by atoms with Crippen LogP contribution in [-0.2, 0) is 10.2 Å². The fraction of sp³-hybridized carbons (Fsp3) is 0.462. The first-order chi connectivity index (χ1) is 6.68. The second-order valence-electron chi connectivity index (χ2n) is 4.55. The number of carbonyl (C=O) groups is 1. The fourth-order valence-electron chi connectivity index (χ4n) is 1.82. The van der Waals surface area contributed by atoms with Gasteiger partial charge in [0.15, 0.2) is 0 Å². The van der Waals surface area contributed by atoms with Crippen molar-refractivity contribution in [2.24, 2.45) is 0 Å². The standard InChI is InChI=1S/C13H16O/c1-10(2)11-4-3-5-12(8-11)13(9-14)6-7-13/h3-5,8-10H,6-7H2,1-2H3. The summed E-state index contributed by atoms with van der Waals surface area (Å²) in [6.45, 7) is 4.36. The lowest BCUT2D eigenvalue weighted by atomic mass is 9.93. The fourth-order valence-corrected chi connectivity index (χ4v) is 1.82. The topological polar surface area (TPSA) is 17.1 Å². The summed E-state index contributed by atoms with van der Waals surface area (Å²) in [6.07, 6.45) is 3.17. The van der Waals surface area contributed by atoms with Gasteiger partial charge in [-0.3, -0.25) is 0 Å². The Kier molecular flexibility index (Phi) is 2.18. The Balaban J connectivity index is 2.35. The van der Waals surface area contributed by atoms with E-state index in [0.717, 1.165) is 19.1 Å². The van der Waals surface area contributed by atoms with Crippen molar-refractivity contribution in [3.05, 3.63) is 35.4 Å². The van der Waals surface area contributed by atoms with E-state index in [4.69, 9.17) is 0 Å². The highest BCUT2D eigenvalue weighted by Gasteiger charge is 2.44. The van der Waals surface area contributed by atoms with Gasteiger partial charge in [-0.2, -0.15) is 0 Å². The normalized spacial score (nSPS) is 18.2. The Morgan fingerprint density at radius 2 is 2.07 bits per heavy atom. The highest BCUT2D eigenvalue weighted by atomic mass is 16.1. The Labute approximate surface area is 85.1 Å². The molecule has 0 aliphatic heterocycles. The van der Waals surface area contributed by atoms with E-state index in [9.17, 15) is 4.79 Å². The quantitative estimate of drug-likeness (QED) is 0.666. The van der Waals surface area contributed by atoms with Gasteiger partial charge in [0, 0.05) is 0 Å². The van der Waals surface area contributed by atoms with Gasteiger partial charge in [-0.15, -0.1) is 0 Å². The van der Waals surface area contributed by atoms with Crippen molar-refractivity contribution in [3.63, 3.8) is 0 Å². The molecule has 1 saturated carbocycles. The van der Waals surface area contributed by atoms with E-state index in [0.29, 0.717) is 5.92 Å². The Bertz CT molecular complexity index is 348. The molecular weight excluding hydrogens is 172 g/mol. The predicted molar refractivity (Wildman–Crippen MR) is 57.5 cm³/mol. The zero-order valence-electron chi connectivity index (χ0n) is 8.79. The van der Waals surface area contributed by atoms with Crippen LogP contribution in [0.5, 0.6) is 0 Å². The van der Waals surface area contributed by atoms with Crippen LogP contribution in [0.3, 0.4) is 0 Å². The molecule has 0 radical (unpaired) electrons. The Morgan fingerprint density at radius 1 is 1.36 bits per heavy atom. The molecule has 0 atom stereocenters. The van der Waals surface area contributed by atoms with Gasteiger partial charge in [0.1, 0.15) is 6.29 Å². The van der Waals surface area contributed by atoms with E-state index in [1.54, 1.807) is 0 Å². The molecule has 0 heterocycles. The highest BCUT2D eigenvalue weighted by molar-refractivity contribution is 5.73. The molecule has 0 bridgehead atoms. The summed E-state index contributed by atoms with van der Waals surface area (Å²) < 4.78 is 0. The molecule has 1 aliphatic rings. The lowest BCUT2D eigenvalue weighted by Crippen LogP contribution is -2.08. The number of hydrogen-bond donors (Lipinski definition) is 0. The van der Waals surface area contributed by atoms with Gasteiger partial charge in [-0.1, -0.05) is 38.1 Å². The van der Waals surface area contributed by atoms with Crippen LogP contribution in [0.4, 0.5) is 0 Å². The van der Waals surface area contributed by atoms with Crippen LogP contribution >= 0.6 is 0 Å². The van der Waals surface area contributed by atoms with Crippen LogP contribution in [0.15, 0.2) is 24.3 Å². The summed E-state index contributed by atoms with van der Waals surface area (Å²) in [7, 11) is 0. The first-order valence-corrected chi connectivity index (χ1v) is 5.25. The van der Waals surface area contributed by atoms with E-state index in [2.05, 4.69) is 38.1 Å². The molecule has 1 nitrogen and oxygen atoms in total.